The molecule has 2 aromatic rings. The van der Waals surface area contributed by atoms with E-state index in [1.807, 2.05) is 12.3 Å². The summed E-state index contributed by atoms with van der Waals surface area (Å²) >= 11 is 2.81. The molecule has 0 amide bonds. The van der Waals surface area contributed by atoms with E-state index in [9.17, 15) is 8.78 Å². The Morgan fingerprint density at radius 3 is 2.89 bits per heavy atom. The van der Waals surface area contributed by atoms with Crippen molar-refractivity contribution < 1.29 is 8.78 Å². The molecular weight excluding hydrogens is 274 g/mol. The van der Waals surface area contributed by atoms with Gasteiger partial charge in [-0.3, -0.25) is 0 Å². The minimum absolute atomic E-state index is 0.0898. The van der Waals surface area contributed by atoms with Crippen LogP contribution in [0.5, 0.6) is 0 Å². The zero-order valence-corrected chi connectivity index (χ0v) is 11.4. The normalized spacial score (nSPS) is 17.7. The number of aromatic nitrogens is 1. The molecular formula is C12H12F2N2S2. The van der Waals surface area contributed by atoms with E-state index in [-0.39, 0.29) is 12.8 Å². The van der Waals surface area contributed by atoms with Gasteiger partial charge in [-0.15, -0.1) is 22.7 Å². The van der Waals surface area contributed by atoms with Crippen LogP contribution in [0.2, 0.25) is 0 Å². The summed E-state index contributed by atoms with van der Waals surface area (Å²) in [5.41, 5.74) is 8.81. The van der Waals surface area contributed by atoms with Crippen molar-refractivity contribution in [2.24, 2.45) is 0 Å². The molecule has 0 fully saturated rings. The Balaban J connectivity index is 2.10. The highest BCUT2D eigenvalue weighted by Crippen LogP contribution is 2.46. The van der Waals surface area contributed by atoms with Gasteiger partial charge in [-0.1, -0.05) is 0 Å². The summed E-state index contributed by atoms with van der Waals surface area (Å²) in [7, 11) is 0. The number of aryl methyl sites for hydroxylation is 1. The number of halogens is 2. The number of thiazole rings is 1. The second kappa shape index (κ2) is 3.99. The molecule has 0 aliphatic heterocycles. The highest BCUT2D eigenvalue weighted by Gasteiger charge is 2.37. The molecule has 1 aliphatic rings. The lowest BCUT2D eigenvalue weighted by Crippen LogP contribution is -2.24. The Kier molecular flexibility index (Phi) is 2.67. The van der Waals surface area contributed by atoms with Gasteiger partial charge in [0.05, 0.1) is 5.00 Å². The molecule has 96 valence electrons. The number of rotatable bonds is 1. The molecule has 0 radical (unpaired) electrons. The summed E-state index contributed by atoms with van der Waals surface area (Å²) in [4.78, 5) is 5.14. The predicted molar refractivity (Wildman–Crippen MR) is 71.5 cm³/mol. The fraction of sp³-hybridized carbons (Fsp3) is 0.417. The van der Waals surface area contributed by atoms with Gasteiger partial charge in [0.1, 0.15) is 5.01 Å². The number of hydrogen-bond acceptors (Lipinski definition) is 4. The molecule has 2 heterocycles. The minimum atomic E-state index is -2.58. The monoisotopic (exact) mass is 286 g/mol. The predicted octanol–water partition coefficient (Wildman–Crippen LogP) is 3.89. The molecule has 0 unspecified atom stereocenters. The zero-order chi connectivity index (χ0) is 12.9. The molecule has 18 heavy (non-hydrogen) atoms. The van der Waals surface area contributed by atoms with E-state index in [1.165, 1.54) is 22.7 Å². The highest BCUT2D eigenvalue weighted by molar-refractivity contribution is 7.18. The van der Waals surface area contributed by atoms with E-state index >= 15 is 0 Å². The van der Waals surface area contributed by atoms with E-state index in [1.54, 1.807) is 0 Å². The fourth-order valence-electron chi connectivity index (χ4n) is 2.28. The molecule has 6 heteroatoms. The van der Waals surface area contributed by atoms with Crippen LogP contribution < -0.4 is 5.73 Å². The number of anilines is 1. The number of hydrogen-bond donors (Lipinski definition) is 1. The zero-order valence-electron chi connectivity index (χ0n) is 9.80. The van der Waals surface area contributed by atoms with Gasteiger partial charge in [0, 0.05) is 34.4 Å². The number of nitrogens with two attached hydrogens (primary N) is 1. The summed E-state index contributed by atoms with van der Waals surface area (Å²) in [5.74, 6) is -2.58. The van der Waals surface area contributed by atoms with Gasteiger partial charge >= 0.3 is 0 Å². The van der Waals surface area contributed by atoms with Gasteiger partial charge in [0.15, 0.2) is 0 Å². The maximum absolute atomic E-state index is 13.4. The molecule has 0 saturated carbocycles. The number of thiophene rings is 1. The standard InChI is InChI=1S/C12H12F2N2S2/c1-6-5-17-11(16-6)9-7-2-3-12(13,14)4-8(7)18-10(9)15/h5H,2-4,15H2,1H3. The summed E-state index contributed by atoms with van der Waals surface area (Å²) < 4.78 is 26.8. The van der Waals surface area contributed by atoms with Crippen molar-refractivity contribution in [2.75, 3.05) is 5.73 Å². The lowest BCUT2D eigenvalue weighted by atomic mass is 9.93. The number of nitrogen functional groups attached to an aromatic ring is 1. The first-order chi connectivity index (χ1) is 8.46. The third kappa shape index (κ3) is 1.93. The van der Waals surface area contributed by atoms with Crippen LogP contribution in [0.3, 0.4) is 0 Å². The van der Waals surface area contributed by atoms with E-state index in [0.29, 0.717) is 11.4 Å². The van der Waals surface area contributed by atoms with E-state index in [2.05, 4.69) is 4.98 Å². The van der Waals surface area contributed by atoms with E-state index in [0.717, 1.165) is 26.7 Å². The minimum Gasteiger partial charge on any atom is -0.390 e. The summed E-state index contributed by atoms with van der Waals surface area (Å²) in [6.07, 6.45) is 0.124. The van der Waals surface area contributed by atoms with Crippen LogP contribution in [0.1, 0.15) is 22.6 Å². The Hall–Kier alpha value is -1.01. The third-order valence-corrected chi connectivity index (χ3v) is 5.15. The van der Waals surface area contributed by atoms with E-state index in [4.69, 9.17) is 5.73 Å². The molecule has 0 bridgehead atoms. The van der Waals surface area contributed by atoms with Crippen molar-refractivity contribution in [2.45, 2.75) is 32.1 Å². The van der Waals surface area contributed by atoms with Crippen molar-refractivity contribution in [3.05, 3.63) is 21.5 Å². The third-order valence-electron chi connectivity index (χ3n) is 3.11. The largest absolute Gasteiger partial charge is 0.390 e. The molecule has 0 atom stereocenters. The number of nitrogens with zero attached hydrogens (tertiary/aromatic N) is 1. The van der Waals surface area contributed by atoms with E-state index < -0.39 is 5.92 Å². The SMILES string of the molecule is Cc1csc(-c2c(N)sc3c2CCC(F)(F)C3)n1. The lowest BCUT2D eigenvalue weighted by Gasteiger charge is -2.21. The Morgan fingerprint density at radius 1 is 1.44 bits per heavy atom. The highest BCUT2D eigenvalue weighted by atomic mass is 32.1. The molecule has 3 rings (SSSR count). The van der Waals surface area contributed by atoms with Crippen LogP contribution in [0.25, 0.3) is 10.6 Å². The number of alkyl halides is 2. The Labute approximate surface area is 111 Å². The molecule has 2 nitrogen and oxygen atoms in total. The van der Waals surface area contributed by atoms with Crippen molar-refractivity contribution in [3.8, 4) is 10.6 Å². The summed E-state index contributed by atoms with van der Waals surface area (Å²) in [6, 6.07) is 0. The van der Waals surface area contributed by atoms with Gasteiger partial charge in [-0.05, 0) is 18.9 Å². The maximum atomic E-state index is 13.4. The fourth-order valence-corrected chi connectivity index (χ4v) is 4.42. The molecule has 1 aliphatic carbocycles. The first-order valence-electron chi connectivity index (χ1n) is 5.66. The van der Waals surface area contributed by atoms with Gasteiger partial charge in [-0.2, -0.15) is 0 Å². The molecule has 2 N–H and O–H groups in total. The smallest absolute Gasteiger partial charge is 0.253 e. The molecule has 0 saturated heterocycles. The van der Waals surface area contributed by atoms with Crippen LogP contribution in [0, 0.1) is 6.92 Å². The van der Waals surface area contributed by atoms with Crippen LogP contribution in [-0.4, -0.2) is 10.9 Å². The molecule has 0 spiro atoms. The van der Waals surface area contributed by atoms with Gasteiger partial charge in [-0.25, -0.2) is 13.8 Å². The average Bonchev–Trinajstić information content (AvgIpc) is 2.79. The Morgan fingerprint density at radius 2 is 2.22 bits per heavy atom. The topological polar surface area (TPSA) is 38.9 Å². The van der Waals surface area contributed by atoms with Gasteiger partial charge in [0.25, 0.3) is 5.92 Å². The van der Waals surface area contributed by atoms with Crippen LogP contribution in [0.15, 0.2) is 5.38 Å². The van der Waals surface area contributed by atoms with Crippen LogP contribution in [0.4, 0.5) is 13.8 Å². The van der Waals surface area contributed by atoms with Crippen molar-refractivity contribution in [1.29, 1.82) is 0 Å². The first-order valence-corrected chi connectivity index (χ1v) is 7.36. The lowest BCUT2D eigenvalue weighted by molar-refractivity contribution is -0.0111. The number of fused-ring (bicyclic) bond motifs is 1. The average molecular weight is 286 g/mol. The maximum Gasteiger partial charge on any atom is 0.253 e. The van der Waals surface area contributed by atoms with Crippen LogP contribution in [-0.2, 0) is 12.8 Å². The summed E-state index contributed by atoms with van der Waals surface area (Å²) in [6.45, 7) is 1.92. The quantitative estimate of drug-likeness (QED) is 0.864. The van der Waals surface area contributed by atoms with Crippen molar-refractivity contribution >= 4 is 27.7 Å². The van der Waals surface area contributed by atoms with Crippen molar-refractivity contribution in [1.82, 2.24) is 4.98 Å². The molecule has 0 aromatic carbocycles. The van der Waals surface area contributed by atoms with Gasteiger partial charge < -0.3 is 5.73 Å². The van der Waals surface area contributed by atoms with Gasteiger partial charge in [0.2, 0.25) is 0 Å². The second-order valence-corrected chi connectivity index (χ2v) is 6.56. The molecule has 2 aromatic heterocycles. The summed E-state index contributed by atoms with van der Waals surface area (Å²) in [5, 5.41) is 3.43. The Bertz CT molecular complexity index is 601. The second-order valence-electron chi connectivity index (χ2n) is 4.57. The van der Waals surface area contributed by atoms with Crippen LogP contribution >= 0.6 is 22.7 Å². The van der Waals surface area contributed by atoms with Crippen molar-refractivity contribution in [3.63, 3.8) is 0 Å². The first kappa shape index (κ1) is 12.0.